The minimum atomic E-state index is -0.223. The van der Waals surface area contributed by atoms with E-state index in [1.54, 1.807) is 0 Å². The van der Waals surface area contributed by atoms with Crippen LogP contribution in [0.15, 0.2) is 4.79 Å². The van der Waals surface area contributed by atoms with E-state index >= 15 is 0 Å². The molecule has 0 aliphatic rings. The van der Waals surface area contributed by atoms with Crippen LogP contribution in [0.3, 0.4) is 0 Å². The highest BCUT2D eigenvalue weighted by Crippen LogP contribution is 2.07. The third kappa shape index (κ3) is 1.05. The van der Waals surface area contributed by atoms with Gasteiger partial charge in [0.2, 0.25) is 5.88 Å². The van der Waals surface area contributed by atoms with Gasteiger partial charge in [-0.3, -0.25) is 15.0 Å². The van der Waals surface area contributed by atoms with Gasteiger partial charge in [-0.1, -0.05) is 13.3 Å². The molecule has 0 aliphatic carbocycles. The summed E-state index contributed by atoms with van der Waals surface area (Å²) in [6.45, 7) is 1.95. The number of aromatic nitrogens is 2. The molecule has 0 amide bonds. The van der Waals surface area contributed by atoms with Gasteiger partial charge >= 0.3 is 0 Å². The molecule has 1 heterocycles. The van der Waals surface area contributed by atoms with Gasteiger partial charge < -0.3 is 5.11 Å². The van der Waals surface area contributed by atoms with Crippen LogP contribution in [-0.2, 0) is 6.42 Å². The van der Waals surface area contributed by atoms with E-state index in [1.807, 2.05) is 6.92 Å². The first-order chi connectivity index (χ1) is 4.75. The zero-order chi connectivity index (χ0) is 7.56. The predicted octanol–water partition coefficient (Wildman–Crippen LogP) is 0.361. The van der Waals surface area contributed by atoms with Gasteiger partial charge in [0, 0.05) is 0 Å². The summed E-state index contributed by atoms with van der Waals surface area (Å²) in [5.41, 5.74) is 0.224. The lowest BCUT2D eigenvalue weighted by Gasteiger charge is -1.89. The van der Waals surface area contributed by atoms with Crippen LogP contribution in [0.5, 0.6) is 5.88 Å². The van der Waals surface area contributed by atoms with Gasteiger partial charge in [0.15, 0.2) is 0 Å². The molecule has 0 atom stereocenters. The number of hydrogen-bond donors (Lipinski definition) is 3. The fraction of sp³-hybridized carbons (Fsp3) is 0.500. The summed E-state index contributed by atoms with van der Waals surface area (Å²) in [7, 11) is 0. The van der Waals surface area contributed by atoms with Gasteiger partial charge in [0.25, 0.3) is 5.56 Å². The van der Waals surface area contributed by atoms with E-state index in [-0.39, 0.29) is 11.4 Å². The third-order valence-corrected chi connectivity index (χ3v) is 1.35. The molecule has 3 N–H and O–H groups in total. The number of nitrogens with one attached hydrogen (secondary N) is 2. The topological polar surface area (TPSA) is 68.9 Å². The van der Waals surface area contributed by atoms with Crippen LogP contribution in [-0.4, -0.2) is 15.3 Å². The molecule has 0 fully saturated rings. The lowest BCUT2D eigenvalue weighted by Crippen LogP contribution is -2.04. The van der Waals surface area contributed by atoms with Crippen LogP contribution >= 0.6 is 0 Å². The Hall–Kier alpha value is -1.19. The monoisotopic (exact) mass is 142 g/mol. The van der Waals surface area contributed by atoms with Crippen molar-refractivity contribution in [3.63, 3.8) is 0 Å². The van der Waals surface area contributed by atoms with Crippen molar-refractivity contribution in [2.75, 3.05) is 0 Å². The van der Waals surface area contributed by atoms with E-state index in [2.05, 4.69) is 10.2 Å². The van der Waals surface area contributed by atoms with E-state index in [0.29, 0.717) is 12.0 Å². The largest absolute Gasteiger partial charge is 0.493 e. The maximum absolute atomic E-state index is 10.8. The first-order valence-electron chi connectivity index (χ1n) is 3.24. The van der Waals surface area contributed by atoms with Crippen LogP contribution in [0.25, 0.3) is 0 Å². The minimum absolute atomic E-state index is 0.0353. The Kier molecular flexibility index (Phi) is 1.80. The van der Waals surface area contributed by atoms with E-state index < -0.39 is 0 Å². The average molecular weight is 142 g/mol. The second-order valence-corrected chi connectivity index (χ2v) is 2.16. The summed E-state index contributed by atoms with van der Waals surface area (Å²) < 4.78 is 0. The minimum Gasteiger partial charge on any atom is -0.493 e. The molecule has 10 heavy (non-hydrogen) atoms. The molecule has 0 saturated heterocycles. The summed E-state index contributed by atoms with van der Waals surface area (Å²) in [4.78, 5) is 10.8. The molecule has 0 spiro atoms. The number of hydrogen-bond acceptors (Lipinski definition) is 2. The lowest BCUT2D eigenvalue weighted by atomic mass is 10.2. The molecule has 0 unspecified atom stereocenters. The van der Waals surface area contributed by atoms with Crippen molar-refractivity contribution in [1.29, 1.82) is 0 Å². The molecule has 1 aromatic rings. The fourth-order valence-corrected chi connectivity index (χ4v) is 0.856. The first-order valence-corrected chi connectivity index (χ1v) is 3.24. The standard InChI is InChI=1S/C6H10N2O2/c1-2-3-4-5(9)7-8-6(4)10/h2-3H2,1H3,(H3,7,8,9,10). The zero-order valence-electron chi connectivity index (χ0n) is 5.77. The Bertz CT molecular complexity index is 261. The summed E-state index contributed by atoms with van der Waals surface area (Å²) in [5, 5.41) is 13.6. The van der Waals surface area contributed by atoms with Crippen molar-refractivity contribution in [3.8, 4) is 5.88 Å². The van der Waals surface area contributed by atoms with E-state index in [1.165, 1.54) is 0 Å². The van der Waals surface area contributed by atoms with Gasteiger partial charge in [-0.2, -0.15) is 0 Å². The van der Waals surface area contributed by atoms with Crippen LogP contribution in [0, 0.1) is 0 Å². The van der Waals surface area contributed by atoms with E-state index in [4.69, 9.17) is 5.11 Å². The summed E-state index contributed by atoms with van der Waals surface area (Å²) >= 11 is 0. The quantitative estimate of drug-likeness (QED) is 0.558. The van der Waals surface area contributed by atoms with Crippen molar-refractivity contribution >= 4 is 0 Å². The summed E-state index contributed by atoms with van der Waals surface area (Å²) in [6.07, 6.45) is 1.47. The molecule has 4 nitrogen and oxygen atoms in total. The van der Waals surface area contributed by atoms with Gasteiger partial charge in [-0.25, -0.2) is 0 Å². The number of aromatic hydroxyl groups is 1. The lowest BCUT2D eigenvalue weighted by molar-refractivity contribution is 0.445. The van der Waals surface area contributed by atoms with Gasteiger partial charge in [0.05, 0.1) is 5.56 Å². The molecule has 0 aliphatic heterocycles. The van der Waals surface area contributed by atoms with Crippen LogP contribution in [0.4, 0.5) is 0 Å². The SMILES string of the molecule is CCCc1c(O)[nH][nH]c1=O. The number of rotatable bonds is 2. The normalized spacial score (nSPS) is 10.1. The number of H-pyrrole nitrogens is 2. The first kappa shape index (κ1) is 6.92. The number of aromatic amines is 2. The van der Waals surface area contributed by atoms with Gasteiger partial charge in [-0.15, -0.1) is 0 Å². The van der Waals surface area contributed by atoms with Gasteiger partial charge in [0.1, 0.15) is 0 Å². The predicted molar refractivity (Wildman–Crippen MR) is 37.1 cm³/mol. The third-order valence-electron chi connectivity index (χ3n) is 1.35. The van der Waals surface area contributed by atoms with Crippen molar-refractivity contribution < 1.29 is 5.11 Å². The Morgan fingerprint density at radius 2 is 2.20 bits per heavy atom. The molecule has 0 bridgehead atoms. The smallest absolute Gasteiger partial charge is 0.271 e. The van der Waals surface area contributed by atoms with Crippen LogP contribution < -0.4 is 5.56 Å². The van der Waals surface area contributed by atoms with E-state index in [0.717, 1.165) is 6.42 Å². The van der Waals surface area contributed by atoms with Gasteiger partial charge in [-0.05, 0) is 6.42 Å². The average Bonchev–Trinajstić information content (AvgIpc) is 2.20. The Morgan fingerprint density at radius 1 is 1.50 bits per heavy atom. The second-order valence-electron chi connectivity index (χ2n) is 2.16. The van der Waals surface area contributed by atoms with E-state index in [9.17, 15) is 4.79 Å². The maximum atomic E-state index is 10.8. The Balaban J connectivity index is 2.99. The van der Waals surface area contributed by atoms with Crippen molar-refractivity contribution in [2.24, 2.45) is 0 Å². The summed E-state index contributed by atoms with van der Waals surface area (Å²) in [5.74, 6) is -0.0353. The highest BCUT2D eigenvalue weighted by molar-refractivity contribution is 5.20. The fourth-order valence-electron chi connectivity index (χ4n) is 0.856. The Morgan fingerprint density at radius 3 is 2.60 bits per heavy atom. The van der Waals surface area contributed by atoms with Crippen molar-refractivity contribution in [2.45, 2.75) is 19.8 Å². The summed E-state index contributed by atoms with van der Waals surface area (Å²) in [6, 6.07) is 0. The van der Waals surface area contributed by atoms with Crippen LogP contribution in [0.2, 0.25) is 0 Å². The zero-order valence-corrected chi connectivity index (χ0v) is 5.77. The molecule has 0 aromatic carbocycles. The molecule has 0 saturated carbocycles. The molecule has 1 rings (SSSR count). The second kappa shape index (κ2) is 2.60. The van der Waals surface area contributed by atoms with Crippen LogP contribution in [0.1, 0.15) is 18.9 Å². The molecular weight excluding hydrogens is 132 g/mol. The molecule has 0 radical (unpaired) electrons. The Labute approximate surface area is 57.9 Å². The molecular formula is C6H10N2O2. The molecule has 4 heteroatoms. The maximum Gasteiger partial charge on any atom is 0.271 e. The molecule has 56 valence electrons. The highest BCUT2D eigenvalue weighted by atomic mass is 16.3. The highest BCUT2D eigenvalue weighted by Gasteiger charge is 2.05. The molecule has 1 aromatic heterocycles. The van der Waals surface area contributed by atoms with Crippen molar-refractivity contribution in [1.82, 2.24) is 10.2 Å². The van der Waals surface area contributed by atoms with Crippen molar-refractivity contribution in [3.05, 3.63) is 15.9 Å².